The Kier molecular flexibility index (Phi) is 6.08. The van der Waals surface area contributed by atoms with E-state index in [2.05, 4.69) is 21.7 Å². The first kappa shape index (κ1) is 15.4. The van der Waals surface area contributed by atoms with Gasteiger partial charge in [0.25, 0.3) is 0 Å². The molecule has 1 unspecified atom stereocenters. The summed E-state index contributed by atoms with van der Waals surface area (Å²) >= 11 is 1.85. The van der Waals surface area contributed by atoms with E-state index in [0.29, 0.717) is 6.54 Å². The number of nitrogens with two attached hydrogens (primary N) is 1. The minimum absolute atomic E-state index is 0. The van der Waals surface area contributed by atoms with Crippen LogP contribution in [0.4, 0.5) is 0 Å². The molecule has 4 nitrogen and oxygen atoms in total. The molecule has 0 saturated heterocycles. The SMILES string of the molecule is CC(N)C(=O)NCCN1CCc2sccc2C1.Cl. The van der Waals surface area contributed by atoms with Gasteiger partial charge in [0.1, 0.15) is 0 Å². The van der Waals surface area contributed by atoms with E-state index in [1.54, 1.807) is 6.92 Å². The highest BCUT2D eigenvalue weighted by Gasteiger charge is 2.16. The average molecular weight is 290 g/mol. The second-order valence-electron chi connectivity index (χ2n) is 4.47. The van der Waals surface area contributed by atoms with Crippen molar-refractivity contribution in [3.8, 4) is 0 Å². The second kappa shape index (κ2) is 7.09. The average Bonchev–Trinajstić information content (AvgIpc) is 2.75. The first-order valence-corrected chi connectivity index (χ1v) is 6.85. The normalized spacial score (nSPS) is 16.6. The molecular formula is C12H20ClN3OS. The van der Waals surface area contributed by atoms with Gasteiger partial charge in [-0.2, -0.15) is 0 Å². The third kappa shape index (κ3) is 3.95. The highest BCUT2D eigenvalue weighted by atomic mass is 35.5. The van der Waals surface area contributed by atoms with Crippen LogP contribution in [0.3, 0.4) is 0 Å². The topological polar surface area (TPSA) is 58.4 Å². The van der Waals surface area contributed by atoms with Crippen molar-refractivity contribution in [2.45, 2.75) is 25.9 Å². The summed E-state index contributed by atoms with van der Waals surface area (Å²) in [6, 6.07) is 1.78. The van der Waals surface area contributed by atoms with Crippen LogP contribution in [0, 0.1) is 0 Å². The van der Waals surface area contributed by atoms with Gasteiger partial charge in [0.15, 0.2) is 0 Å². The zero-order valence-corrected chi connectivity index (χ0v) is 12.1. The molecule has 2 heterocycles. The lowest BCUT2D eigenvalue weighted by Gasteiger charge is -2.26. The Balaban J connectivity index is 0.00000162. The van der Waals surface area contributed by atoms with Crippen LogP contribution < -0.4 is 11.1 Å². The summed E-state index contributed by atoms with van der Waals surface area (Å²) in [5.74, 6) is -0.0711. The molecule has 0 radical (unpaired) electrons. The molecule has 1 amide bonds. The van der Waals surface area contributed by atoms with Gasteiger partial charge in [0.2, 0.25) is 5.91 Å². The van der Waals surface area contributed by atoms with E-state index in [-0.39, 0.29) is 18.3 Å². The number of hydrogen-bond donors (Lipinski definition) is 2. The van der Waals surface area contributed by atoms with Crippen LogP contribution in [0.5, 0.6) is 0 Å². The molecule has 0 fully saturated rings. The van der Waals surface area contributed by atoms with Gasteiger partial charge < -0.3 is 11.1 Å². The molecule has 0 saturated carbocycles. The summed E-state index contributed by atoms with van der Waals surface area (Å²) in [6.07, 6.45) is 1.13. The summed E-state index contributed by atoms with van der Waals surface area (Å²) in [6.45, 7) is 5.37. The number of amides is 1. The van der Waals surface area contributed by atoms with Gasteiger partial charge in [0.05, 0.1) is 6.04 Å². The number of fused-ring (bicyclic) bond motifs is 1. The number of hydrogen-bond acceptors (Lipinski definition) is 4. The number of carbonyl (C=O) groups is 1. The molecule has 1 atom stereocenters. The van der Waals surface area contributed by atoms with E-state index in [0.717, 1.165) is 26.1 Å². The van der Waals surface area contributed by atoms with Crippen molar-refractivity contribution in [2.75, 3.05) is 19.6 Å². The van der Waals surface area contributed by atoms with Gasteiger partial charge in [-0.05, 0) is 30.4 Å². The second-order valence-corrected chi connectivity index (χ2v) is 5.48. The maximum Gasteiger partial charge on any atom is 0.236 e. The van der Waals surface area contributed by atoms with E-state index in [1.807, 2.05) is 11.3 Å². The van der Waals surface area contributed by atoms with Crippen molar-refractivity contribution >= 4 is 29.7 Å². The monoisotopic (exact) mass is 289 g/mol. The number of thiophene rings is 1. The highest BCUT2D eigenvalue weighted by Crippen LogP contribution is 2.23. The highest BCUT2D eigenvalue weighted by molar-refractivity contribution is 7.10. The van der Waals surface area contributed by atoms with Crippen LogP contribution in [0.2, 0.25) is 0 Å². The van der Waals surface area contributed by atoms with Crippen LogP contribution in [0.15, 0.2) is 11.4 Å². The molecule has 0 spiro atoms. The number of halogens is 1. The molecule has 1 aliphatic heterocycles. The molecule has 0 aromatic carbocycles. The predicted octanol–water partition coefficient (Wildman–Crippen LogP) is 0.991. The van der Waals surface area contributed by atoms with Crippen molar-refractivity contribution in [2.24, 2.45) is 5.73 Å². The summed E-state index contributed by atoms with van der Waals surface area (Å²) in [7, 11) is 0. The number of rotatable bonds is 4. The Morgan fingerprint density at radius 1 is 1.67 bits per heavy atom. The molecule has 1 aliphatic rings. The van der Waals surface area contributed by atoms with E-state index >= 15 is 0 Å². The third-order valence-corrected chi connectivity index (χ3v) is 4.05. The molecular weight excluding hydrogens is 270 g/mol. The van der Waals surface area contributed by atoms with Crippen LogP contribution in [0.25, 0.3) is 0 Å². The van der Waals surface area contributed by atoms with Crippen molar-refractivity contribution < 1.29 is 4.79 Å². The fourth-order valence-corrected chi connectivity index (χ4v) is 2.89. The Labute approximate surface area is 118 Å². The Bertz CT molecular complexity index is 394. The third-order valence-electron chi connectivity index (χ3n) is 3.03. The molecule has 2 rings (SSSR count). The van der Waals surface area contributed by atoms with Crippen molar-refractivity contribution in [1.82, 2.24) is 10.2 Å². The molecule has 18 heavy (non-hydrogen) atoms. The van der Waals surface area contributed by atoms with Gasteiger partial charge in [-0.1, -0.05) is 0 Å². The molecule has 1 aromatic rings. The van der Waals surface area contributed by atoms with Crippen LogP contribution in [0.1, 0.15) is 17.4 Å². The van der Waals surface area contributed by atoms with Crippen LogP contribution in [-0.4, -0.2) is 36.5 Å². The molecule has 3 N–H and O–H groups in total. The lowest BCUT2D eigenvalue weighted by molar-refractivity contribution is -0.122. The predicted molar refractivity (Wildman–Crippen MR) is 77.2 cm³/mol. The Hall–Kier alpha value is -0.620. The van der Waals surface area contributed by atoms with Crippen molar-refractivity contribution in [1.29, 1.82) is 0 Å². The summed E-state index contributed by atoms with van der Waals surface area (Å²) in [5.41, 5.74) is 6.92. The van der Waals surface area contributed by atoms with Gasteiger partial charge in [-0.25, -0.2) is 0 Å². The number of nitrogens with zero attached hydrogens (tertiary/aromatic N) is 1. The van der Waals surface area contributed by atoms with Gasteiger partial charge in [0, 0.05) is 31.1 Å². The molecule has 0 bridgehead atoms. The van der Waals surface area contributed by atoms with E-state index < -0.39 is 6.04 Å². The standard InChI is InChI=1S/C12H19N3OS.ClH/c1-9(13)12(16)14-4-6-15-5-2-11-10(8-15)3-7-17-11;/h3,7,9H,2,4-6,8,13H2,1H3,(H,14,16);1H. The first-order chi connectivity index (χ1) is 8.16. The van der Waals surface area contributed by atoms with E-state index in [1.165, 1.54) is 10.4 Å². The van der Waals surface area contributed by atoms with Gasteiger partial charge in [-0.15, -0.1) is 23.7 Å². The largest absolute Gasteiger partial charge is 0.353 e. The zero-order valence-electron chi connectivity index (χ0n) is 10.5. The minimum atomic E-state index is -0.417. The van der Waals surface area contributed by atoms with Crippen molar-refractivity contribution in [3.05, 3.63) is 21.9 Å². The molecule has 1 aromatic heterocycles. The molecule has 102 valence electrons. The van der Waals surface area contributed by atoms with Crippen LogP contribution in [-0.2, 0) is 17.8 Å². The van der Waals surface area contributed by atoms with Gasteiger partial charge in [-0.3, -0.25) is 9.69 Å². The quantitative estimate of drug-likeness (QED) is 0.869. The zero-order chi connectivity index (χ0) is 12.3. The first-order valence-electron chi connectivity index (χ1n) is 5.97. The molecule has 6 heteroatoms. The molecule has 0 aliphatic carbocycles. The number of carbonyl (C=O) groups excluding carboxylic acids is 1. The number of nitrogens with one attached hydrogen (secondary N) is 1. The smallest absolute Gasteiger partial charge is 0.236 e. The fourth-order valence-electron chi connectivity index (χ4n) is 2.00. The van der Waals surface area contributed by atoms with E-state index in [4.69, 9.17) is 5.73 Å². The maximum atomic E-state index is 11.3. The summed E-state index contributed by atoms with van der Waals surface area (Å²) in [4.78, 5) is 15.2. The minimum Gasteiger partial charge on any atom is -0.353 e. The van der Waals surface area contributed by atoms with Crippen molar-refractivity contribution in [3.63, 3.8) is 0 Å². The fraction of sp³-hybridized carbons (Fsp3) is 0.583. The maximum absolute atomic E-state index is 11.3. The summed E-state index contributed by atoms with van der Waals surface area (Å²) in [5, 5.41) is 5.00. The van der Waals surface area contributed by atoms with Gasteiger partial charge >= 0.3 is 0 Å². The van der Waals surface area contributed by atoms with E-state index in [9.17, 15) is 4.79 Å². The lowest BCUT2D eigenvalue weighted by atomic mass is 10.1. The Morgan fingerprint density at radius 2 is 2.44 bits per heavy atom. The summed E-state index contributed by atoms with van der Waals surface area (Å²) < 4.78 is 0. The van der Waals surface area contributed by atoms with Crippen LogP contribution >= 0.6 is 23.7 Å². The Morgan fingerprint density at radius 3 is 3.17 bits per heavy atom. The lowest BCUT2D eigenvalue weighted by Crippen LogP contribution is -2.42.